The van der Waals surface area contributed by atoms with Crippen LogP contribution in [0.25, 0.3) is 0 Å². The van der Waals surface area contributed by atoms with E-state index in [9.17, 15) is 27.1 Å². The molecule has 1 unspecified atom stereocenters. The molecule has 0 bridgehead atoms. The topological polar surface area (TPSA) is 29.5 Å². The van der Waals surface area contributed by atoms with Gasteiger partial charge in [-0.1, -0.05) is 6.07 Å². The molecule has 0 saturated carbocycles. The maximum absolute atomic E-state index is 12.9. The van der Waals surface area contributed by atoms with Gasteiger partial charge >= 0.3 is 6.18 Å². The first-order valence-corrected chi connectivity index (χ1v) is 5.54. The molecule has 0 aliphatic rings. The summed E-state index contributed by atoms with van der Waals surface area (Å²) in [6.07, 6.45) is -5.37. The van der Waals surface area contributed by atoms with Gasteiger partial charge in [-0.15, -0.1) is 0 Å². The van der Waals surface area contributed by atoms with E-state index in [1.165, 1.54) is 6.07 Å². The maximum Gasteiger partial charge on any atom is 0.411 e. The predicted octanol–water partition coefficient (Wildman–Crippen LogP) is 2.84. The van der Waals surface area contributed by atoms with E-state index in [1.807, 2.05) is 0 Å². The molecule has 108 valence electrons. The number of rotatable bonds is 6. The van der Waals surface area contributed by atoms with Crippen molar-refractivity contribution < 1.29 is 31.8 Å². The van der Waals surface area contributed by atoms with Crippen molar-refractivity contribution in [1.29, 1.82) is 0 Å². The second-order valence-electron chi connectivity index (χ2n) is 4.06. The van der Waals surface area contributed by atoms with Gasteiger partial charge in [-0.25, -0.2) is 8.78 Å². The van der Waals surface area contributed by atoms with Crippen molar-refractivity contribution in [2.45, 2.75) is 25.1 Å². The van der Waals surface area contributed by atoms with E-state index in [2.05, 4.69) is 4.74 Å². The van der Waals surface area contributed by atoms with Crippen LogP contribution in [0.5, 0.6) is 0 Å². The number of hydrogen-bond donors (Lipinski definition) is 1. The number of ether oxygens (including phenoxy) is 1. The van der Waals surface area contributed by atoms with Crippen LogP contribution in [0.2, 0.25) is 0 Å². The minimum Gasteiger partial charge on any atom is -0.393 e. The number of alkyl halides is 3. The van der Waals surface area contributed by atoms with Crippen LogP contribution in [0.4, 0.5) is 22.0 Å². The third kappa shape index (κ3) is 6.49. The van der Waals surface area contributed by atoms with Crippen molar-refractivity contribution >= 4 is 0 Å². The summed E-state index contributed by atoms with van der Waals surface area (Å²) in [7, 11) is 0. The van der Waals surface area contributed by atoms with Crippen molar-refractivity contribution in [2.75, 3.05) is 13.2 Å². The molecule has 0 heterocycles. The third-order valence-corrected chi connectivity index (χ3v) is 2.32. The van der Waals surface area contributed by atoms with Gasteiger partial charge in [0.25, 0.3) is 0 Å². The minimum absolute atomic E-state index is 0.0188. The summed E-state index contributed by atoms with van der Waals surface area (Å²) in [5.41, 5.74) is 0.363. The normalized spacial score (nSPS) is 13.6. The van der Waals surface area contributed by atoms with E-state index in [4.69, 9.17) is 0 Å². The van der Waals surface area contributed by atoms with E-state index in [1.54, 1.807) is 0 Å². The zero-order valence-electron chi connectivity index (χ0n) is 9.88. The molecule has 1 rings (SSSR count). The zero-order valence-corrected chi connectivity index (χ0v) is 9.88. The number of aliphatic hydroxyl groups is 1. The Morgan fingerprint density at radius 2 is 1.84 bits per heavy atom. The Kier molecular flexibility index (Phi) is 5.68. The second-order valence-corrected chi connectivity index (χ2v) is 4.06. The Morgan fingerprint density at radius 1 is 1.16 bits per heavy atom. The Labute approximate surface area is 106 Å². The largest absolute Gasteiger partial charge is 0.411 e. The number of halogens is 5. The molecule has 0 amide bonds. The highest BCUT2D eigenvalue weighted by Gasteiger charge is 2.27. The first-order chi connectivity index (χ1) is 8.78. The van der Waals surface area contributed by atoms with Gasteiger partial charge in [-0.3, -0.25) is 0 Å². The van der Waals surface area contributed by atoms with Crippen molar-refractivity contribution in [3.05, 3.63) is 35.4 Å². The molecule has 0 aromatic heterocycles. The van der Waals surface area contributed by atoms with Gasteiger partial charge in [0.2, 0.25) is 0 Å². The lowest BCUT2D eigenvalue weighted by Gasteiger charge is -2.12. The van der Waals surface area contributed by atoms with E-state index in [0.717, 1.165) is 12.1 Å². The summed E-state index contributed by atoms with van der Waals surface area (Å²) in [6.45, 7) is -1.63. The molecule has 0 fully saturated rings. The summed E-state index contributed by atoms with van der Waals surface area (Å²) in [4.78, 5) is 0. The van der Waals surface area contributed by atoms with Gasteiger partial charge in [0.05, 0.1) is 6.10 Å². The van der Waals surface area contributed by atoms with Crippen LogP contribution >= 0.6 is 0 Å². The summed E-state index contributed by atoms with van der Waals surface area (Å²) in [5, 5.41) is 9.51. The highest BCUT2D eigenvalue weighted by molar-refractivity contribution is 5.18. The number of hydrogen-bond acceptors (Lipinski definition) is 2. The lowest BCUT2D eigenvalue weighted by molar-refractivity contribution is -0.175. The first kappa shape index (κ1) is 15.8. The van der Waals surface area contributed by atoms with E-state index in [0.29, 0.717) is 5.56 Å². The fraction of sp³-hybridized carbons (Fsp3) is 0.500. The van der Waals surface area contributed by atoms with E-state index >= 15 is 0 Å². The van der Waals surface area contributed by atoms with Gasteiger partial charge in [0.15, 0.2) is 11.6 Å². The second kappa shape index (κ2) is 6.81. The highest BCUT2D eigenvalue weighted by Crippen LogP contribution is 2.15. The van der Waals surface area contributed by atoms with Gasteiger partial charge in [-0.05, 0) is 30.5 Å². The molecule has 1 aromatic carbocycles. The molecule has 1 N–H and O–H groups in total. The van der Waals surface area contributed by atoms with E-state index in [-0.39, 0.29) is 19.4 Å². The van der Waals surface area contributed by atoms with Crippen LogP contribution in [-0.2, 0) is 11.2 Å². The molecule has 0 spiro atoms. The average molecular weight is 284 g/mol. The number of aliphatic hydroxyl groups excluding tert-OH is 1. The van der Waals surface area contributed by atoms with Crippen LogP contribution < -0.4 is 0 Å². The van der Waals surface area contributed by atoms with Crippen LogP contribution in [-0.4, -0.2) is 30.6 Å². The van der Waals surface area contributed by atoms with Crippen molar-refractivity contribution in [3.63, 3.8) is 0 Å². The Morgan fingerprint density at radius 3 is 2.42 bits per heavy atom. The van der Waals surface area contributed by atoms with Gasteiger partial charge in [0, 0.05) is 6.61 Å². The van der Waals surface area contributed by atoms with Crippen molar-refractivity contribution in [2.24, 2.45) is 0 Å². The van der Waals surface area contributed by atoms with E-state index < -0.39 is 30.5 Å². The predicted molar refractivity (Wildman–Crippen MR) is 57.6 cm³/mol. The molecular weight excluding hydrogens is 271 g/mol. The summed E-state index contributed by atoms with van der Waals surface area (Å²) in [5.74, 6) is -2.02. The van der Waals surface area contributed by atoms with Gasteiger partial charge in [-0.2, -0.15) is 13.2 Å². The summed E-state index contributed by atoms with van der Waals surface area (Å²) in [6, 6.07) is 3.17. The lowest BCUT2D eigenvalue weighted by atomic mass is 10.1. The Balaban J connectivity index is 2.31. The smallest absolute Gasteiger partial charge is 0.393 e. The molecule has 1 atom stereocenters. The highest BCUT2D eigenvalue weighted by atomic mass is 19.4. The quantitative estimate of drug-likeness (QED) is 0.643. The van der Waals surface area contributed by atoms with Gasteiger partial charge < -0.3 is 9.84 Å². The molecule has 0 saturated heterocycles. The molecule has 7 heteroatoms. The fourth-order valence-electron chi connectivity index (χ4n) is 1.45. The molecule has 0 aliphatic heterocycles. The standard InChI is InChI=1S/C12H13F5O2/c13-10-2-1-8(6-11(10)14)5-9(18)3-4-19-7-12(15,16)17/h1-2,6,9,18H,3-5,7H2. The monoisotopic (exact) mass is 284 g/mol. The van der Waals surface area contributed by atoms with Crippen molar-refractivity contribution in [1.82, 2.24) is 0 Å². The molecule has 0 aliphatic carbocycles. The third-order valence-electron chi connectivity index (χ3n) is 2.32. The van der Waals surface area contributed by atoms with Crippen LogP contribution in [0.1, 0.15) is 12.0 Å². The minimum atomic E-state index is -4.40. The summed E-state index contributed by atoms with van der Waals surface area (Å²) >= 11 is 0. The van der Waals surface area contributed by atoms with Gasteiger partial charge in [0.1, 0.15) is 6.61 Å². The van der Waals surface area contributed by atoms with Crippen LogP contribution in [0.15, 0.2) is 18.2 Å². The Hall–Kier alpha value is -1.21. The number of benzene rings is 1. The maximum atomic E-state index is 12.9. The molecular formula is C12H13F5O2. The molecule has 0 radical (unpaired) electrons. The average Bonchev–Trinajstić information content (AvgIpc) is 2.28. The van der Waals surface area contributed by atoms with Crippen molar-refractivity contribution in [3.8, 4) is 0 Å². The molecule has 1 aromatic rings. The SMILES string of the molecule is OC(CCOCC(F)(F)F)Cc1ccc(F)c(F)c1. The van der Waals surface area contributed by atoms with Crippen LogP contribution in [0, 0.1) is 11.6 Å². The first-order valence-electron chi connectivity index (χ1n) is 5.54. The molecule has 19 heavy (non-hydrogen) atoms. The fourth-order valence-corrected chi connectivity index (χ4v) is 1.45. The summed E-state index contributed by atoms with van der Waals surface area (Å²) < 4.78 is 65.1. The Bertz CT molecular complexity index is 406. The molecule has 2 nitrogen and oxygen atoms in total. The lowest BCUT2D eigenvalue weighted by Crippen LogP contribution is -2.20. The zero-order chi connectivity index (χ0) is 14.5. The van der Waals surface area contributed by atoms with Crippen LogP contribution in [0.3, 0.4) is 0 Å².